The van der Waals surface area contributed by atoms with E-state index in [1.165, 1.54) is 0 Å². The van der Waals surface area contributed by atoms with Crippen LogP contribution in [0.3, 0.4) is 0 Å². The zero-order chi connectivity index (χ0) is 14.8. The van der Waals surface area contributed by atoms with Crippen molar-refractivity contribution in [2.75, 3.05) is 18.6 Å². The normalized spacial score (nSPS) is 22.9. The lowest BCUT2D eigenvalue weighted by Crippen LogP contribution is -2.14. The SMILES string of the molecule is CCCn1ncc(OC)c1C(O)CC1CCS(=O)(=O)C1. The van der Waals surface area contributed by atoms with Gasteiger partial charge in [-0.05, 0) is 25.2 Å². The molecule has 0 saturated carbocycles. The molecule has 6 nitrogen and oxygen atoms in total. The van der Waals surface area contributed by atoms with Crippen LogP contribution in [-0.4, -0.2) is 41.9 Å². The molecule has 1 aromatic heterocycles. The fourth-order valence-corrected chi connectivity index (χ4v) is 4.63. The Morgan fingerprint density at radius 2 is 2.35 bits per heavy atom. The summed E-state index contributed by atoms with van der Waals surface area (Å²) < 4.78 is 29.9. The molecule has 1 fully saturated rings. The molecule has 0 bridgehead atoms. The number of hydrogen-bond donors (Lipinski definition) is 1. The van der Waals surface area contributed by atoms with E-state index in [-0.39, 0.29) is 17.4 Å². The number of ether oxygens (including phenoxy) is 1. The van der Waals surface area contributed by atoms with Crippen molar-refractivity contribution in [1.82, 2.24) is 9.78 Å². The van der Waals surface area contributed by atoms with Gasteiger partial charge in [0, 0.05) is 6.54 Å². The smallest absolute Gasteiger partial charge is 0.162 e. The summed E-state index contributed by atoms with van der Waals surface area (Å²) in [5, 5.41) is 14.6. The summed E-state index contributed by atoms with van der Waals surface area (Å²) in [6, 6.07) is 0. The minimum absolute atomic E-state index is 0.0182. The van der Waals surface area contributed by atoms with Crippen molar-refractivity contribution in [3.8, 4) is 5.75 Å². The number of nitrogens with zero attached hydrogens (tertiary/aromatic N) is 2. The molecule has 114 valence electrons. The van der Waals surface area contributed by atoms with Crippen LogP contribution in [0.1, 0.15) is 38.0 Å². The Balaban J connectivity index is 2.12. The van der Waals surface area contributed by atoms with Gasteiger partial charge in [0.2, 0.25) is 0 Å². The standard InChI is InChI=1S/C13H22N2O4S/c1-3-5-15-13(12(19-2)8-14-15)11(16)7-10-4-6-20(17,18)9-10/h8,10-11,16H,3-7,9H2,1-2H3. The topological polar surface area (TPSA) is 81.4 Å². The molecule has 0 aromatic carbocycles. The quantitative estimate of drug-likeness (QED) is 0.853. The fraction of sp³-hybridized carbons (Fsp3) is 0.769. The lowest BCUT2D eigenvalue weighted by molar-refractivity contribution is 0.134. The Kier molecular flexibility index (Phi) is 4.70. The molecule has 0 aliphatic carbocycles. The largest absolute Gasteiger partial charge is 0.493 e. The van der Waals surface area contributed by atoms with Crippen molar-refractivity contribution >= 4 is 9.84 Å². The van der Waals surface area contributed by atoms with Crippen LogP contribution in [0, 0.1) is 5.92 Å². The van der Waals surface area contributed by atoms with E-state index in [0.717, 1.165) is 6.42 Å². The first kappa shape index (κ1) is 15.3. The maximum Gasteiger partial charge on any atom is 0.162 e. The number of aryl methyl sites for hydroxylation is 1. The van der Waals surface area contributed by atoms with Gasteiger partial charge >= 0.3 is 0 Å². The molecule has 2 rings (SSSR count). The molecular weight excluding hydrogens is 280 g/mol. The molecule has 2 atom stereocenters. The minimum atomic E-state index is -2.91. The summed E-state index contributed by atoms with van der Waals surface area (Å²) in [6.07, 6.45) is 2.83. The molecule has 0 radical (unpaired) electrons. The van der Waals surface area contributed by atoms with Gasteiger partial charge in [0.05, 0.1) is 30.9 Å². The van der Waals surface area contributed by atoms with Gasteiger partial charge in [0.15, 0.2) is 15.6 Å². The Bertz CT molecular complexity index is 553. The van der Waals surface area contributed by atoms with E-state index in [0.29, 0.717) is 30.8 Å². The third kappa shape index (κ3) is 3.32. The molecule has 1 N–H and O–H groups in total. The summed E-state index contributed by atoms with van der Waals surface area (Å²) in [7, 11) is -1.37. The Morgan fingerprint density at radius 3 is 2.90 bits per heavy atom. The van der Waals surface area contributed by atoms with Gasteiger partial charge in [-0.25, -0.2) is 8.42 Å². The van der Waals surface area contributed by atoms with E-state index in [1.54, 1.807) is 18.0 Å². The second-order valence-electron chi connectivity index (χ2n) is 5.34. The molecular formula is C13H22N2O4S. The van der Waals surface area contributed by atoms with Gasteiger partial charge < -0.3 is 9.84 Å². The highest BCUT2D eigenvalue weighted by Gasteiger charge is 2.31. The second kappa shape index (κ2) is 6.13. The van der Waals surface area contributed by atoms with E-state index in [4.69, 9.17) is 4.74 Å². The van der Waals surface area contributed by atoms with Crippen LogP contribution in [0.5, 0.6) is 5.75 Å². The predicted octanol–water partition coefficient (Wildman–Crippen LogP) is 1.16. The van der Waals surface area contributed by atoms with Crippen molar-refractivity contribution in [2.24, 2.45) is 5.92 Å². The number of hydrogen-bond acceptors (Lipinski definition) is 5. The van der Waals surface area contributed by atoms with Crippen molar-refractivity contribution in [3.63, 3.8) is 0 Å². The molecule has 2 unspecified atom stereocenters. The fourth-order valence-electron chi connectivity index (χ4n) is 2.75. The van der Waals surface area contributed by atoms with Gasteiger partial charge in [-0.1, -0.05) is 6.92 Å². The predicted molar refractivity (Wildman–Crippen MR) is 75.4 cm³/mol. The van der Waals surface area contributed by atoms with Crippen LogP contribution in [-0.2, 0) is 16.4 Å². The number of aliphatic hydroxyl groups excluding tert-OH is 1. The summed E-state index contributed by atoms with van der Waals surface area (Å²) in [6.45, 7) is 2.74. The van der Waals surface area contributed by atoms with Crippen molar-refractivity contribution < 1.29 is 18.3 Å². The van der Waals surface area contributed by atoms with Crippen LogP contribution >= 0.6 is 0 Å². The number of methoxy groups -OCH3 is 1. The Labute approximate surface area is 119 Å². The van der Waals surface area contributed by atoms with Crippen molar-refractivity contribution in [3.05, 3.63) is 11.9 Å². The summed E-state index contributed by atoms with van der Waals surface area (Å²) in [4.78, 5) is 0. The van der Waals surface area contributed by atoms with Gasteiger partial charge in [0.25, 0.3) is 0 Å². The van der Waals surface area contributed by atoms with Crippen LogP contribution < -0.4 is 4.74 Å². The van der Waals surface area contributed by atoms with Gasteiger partial charge in [-0.15, -0.1) is 0 Å². The summed E-state index contributed by atoms with van der Waals surface area (Å²) >= 11 is 0. The molecule has 1 aromatic rings. The lowest BCUT2D eigenvalue weighted by atomic mass is 9.99. The zero-order valence-electron chi connectivity index (χ0n) is 11.9. The molecule has 20 heavy (non-hydrogen) atoms. The van der Waals surface area contributed by atoms with Crippen molar-refractivity contribution in [1.29, 1.82) is 0 Å². The maximum absolute atomic E-state index is 11.5. The Hall–Kier alpha value is -1.08. The highest BCUT2D eigenvalue weighted by Crippen LogP contribution is 2.33. The molecule has 0 amide bonds. The third-order valence-electron chi connectivity index (χ3n) is 3.70. The number of aromatic nitrogens is 2. The molecule has 2 heterocycles. The van der Waals surface area contributed by atoms with E-state index in [2.05, 4.69) is 5.10 Å². The first-order chi connectivity index (χ1) is 9.46. The number of sulfone groups is 1. The van der Waals surface area contributed by atoms with Crippen LogP contribution in [0.15, 0.2) is 6.20 Å². The van der Waals surface area contributed by atoms with Gasteiger partial charge in [0.1, 0.15) is 5.69 Å². The van der Waals surface area contributed by atoms with E-state index in [9.17, 15) is 13.5 Å². The van der Waals surface area contributed by atoms with E-state index < -0.39 is 15.9 Å². The first-order valence-electron chi connectivity index (χ1n) is 6.95. The van der Waals surface area contributed by atoms with Crippen molar-refractivity contribution in [2.45, 2.75) is 38.8 Å². The average Bonchev–Trinajstić information content (AvgIpc) is 2.93. The van der Waals surface area contributed by atoms with E-state index >= 15 is 0 Å². The summed E-state index contributed by atoms with van der Waals surface area (Å²) in [5.41, 5.74) is 0.652. The number of aliphatic hydroxyl groups is 1. The Morgan fingerprint density at radius 1 is 1.60 bits per heavy atom. The highest BCUT2D eigenvalue weighted by molar-refractivity contribution is 7.91. The average molecular weight is 302 g/mol. The molecule has 1 aliphatic heterocycles. The van der Waals surface area contributed by atoms with Gasteiger partial charge in [-0.2, -0.15) is 5.10 Å². The highest BCUT2D eigenvalue weighted by atomic mass is 32.2. The van der Waals surface area contributed by atoms with Gasteiger partial charge in [-0.3, -0.25) is 4.68 Å². The van der Waals surface area contributed by atoms with Crippen LogP contribution in [0.25, 0.3) is 0 Å². The molecule has 1 aliphatic rings. The maximum atomic E-state index is 11.5. The van der Waals surface area contributed by atoms with Crippen LogP contribution in [0.4, 0.5) is 0 Å². The summed E-state index contributed by atoms with van der Waals surface area (Å²) in [5.74, 6) is 0.987. The first-order valence-corrected chi connectivity index (χ1v) is 8.77. The zero-order valence-corrected chi connectivity index (χ0v) is 12.8. The molecule has 7 heteroatoms. The molecule has 1 saturated heterocycles. The second-order valence-corrected chi connectivity index (χ2v) is 7.57. The monoisotopic (exact) mass is 302 g/mol. The van der Waals surface area contributed by atoms with E-state index in [1.807, 2.05) is 6.92 Å². The minimum Gasteiger partial charge on any atom is -0.493 e. The molecule has 0 spiro atoms. The lowest BCUT2D eigenvalue weighted by Gasteiger charge is -2.17. The number of rotatable bonds is 6. The van der Waals surface area contributed by atoms with Crippen LogP contribution in [0.2, 0.25) is 0 Å². The third-order valence-corrected chi connectivity index (χ3v) is 5.54.